The van der Waals surface area contributed by atoms with Crippen molar-refractivity contribution in [2.24, 2.45) is 17.4 Å². The number of amides is 2. The molecule has 2 amide bonds. The molecule has 0 aromatic heterocycles. The molecule has 10 heteroatoms. The monoisotopic (exact) mass is 492 g/mol. The van der Waals surface area contributed by atoms with Gasteiger partial charge in [-0.1, -0.05) is 56.3 Å². The van der Waals surface area contributed by atoms with Crippen LogP contribution in [0, 0.1) is 16.0 Å². The first-order valence-electron chi connectivity index (χ1n) is 10.9. The van der Waals surface area contributed by atoms with E-state index in [1.165, 1.54) is 12.1 Å². The molecule has 0 fully saturated rings. The molecule has 3 atom stereocenters. The summed E-state index contributed by atoms with van der Waals surface area (Å²) in [5.74, 6) is -0.873. The third kappa shape index (κ3) is 8.83. The van der Waals surface area contributed by atoms with Crippen molar-refractivity contribution < 1.29 is 19.6 Å². The molecule has 0 heterocycles. The summed E-state index contributed by atoms with van der Waals surface area (Å²) >= 11 is 0. The van der Waals surface area contributed by atoms with Crippen molar-refractivity contribution in [3.63, 3.8) is 0 Å². The first kappa shape index (κ1) is 29.2. The lowest BCUT2D eigenvalue weighted by Gasteiger charge is -2.27. The second kappa shape index (κ2) is 13.8. The maximum Gasteiger partial charge on any atom is 0.269 e. The van der Waals surface area contributed by atoms with Crippen LogP contribution < -0.4 is 11.5 Å². The summed E-state index contributed by atoms with van der Waals surface area (Å²) in [7, 11) is 0. The van der Waals surface area contributed by atoms with Crippen LogP contribution in [0.2, 0.25) is 0 Å². The minimum absolute atomic E-state index is 0. The molecule has 34 heavy (non-hydrogen) atoms. The van der Waals surface area contributed by atoms with E-state index in [2.05, 4.69) is 0 Å². The molecule has 0 aliphatic carbocycles. The highest BCUT2D eigenvalue weighted by Gasteiger charge is 2.30. The fraction of sp³-hybridized carbons (Fsp3) is 0.417. The van der Waals surface area contributed by atoms with Gasteiger partial charge in [-0.05, 0) is 29.9 Å². The number of non-ortho nitro benzene ring substituents is 1. The minimum atomic E-state index is -1.21. The van der Waals surface area contributed by atoms with Gasteiger partial charge in [0.05, 0.1) is 30.0 Å². The second-order valence-electron chi connectivity index (χ2n) is 8.60. The Kier molecular flexibility index (Phi) is 11.8. The van der Waals surface area contributed by atoms with Crippen molar-refractivity contribution >= 4 is 29.9 Å². The Labute approximate surface area is 205 Å². The number of hydrogen-bond acceptors (Lipinski definition) is 7. The van der Waals surface area contributed by atoms with Crippen LogP contribution in [0.25, 0.3) is 0 Å². The number of nitro benzene ring substituents is 1. The van der Waals surface area contributed by atoms with Crippen LogP contribution in [0.1, 0.15) is 37.8 Å². The van der Waals surface area contributed by atoms with Crippen LogP contribution in [0.3, 0.4) is 0 Å². The average molecular weight is 493 g/mol. The summed E-state index contributed by atoms with van der Waals surface area (Å²) in [4.78, 5) is 37.4. The molecule has 0 aliphatic rings. The van der Waals surface area contributed by atoms with E-state index in [9.17, 15) is 24.8 Å². The molecule has 9 nitrogen and oxygen atoms in total. The number of halogens is 1. The van der Waals surface area contributed by atoms with Gasteiger partial charge < -0.3 is 16.6 Å². The molecule has 0 aliphatic heterocycles. The van der Waals surface area contributed by atoms with Gasteiger partial charge in [0.1, 0.15) is 0 Å². The van der Waals surface area contributed by atoms with Gasteiger partial charge in [-0.15, -0.1) is 12.4 Å². The molecule has 0 saturated heterocycles. The Morgan fingerprint density at radius 3 is 2.15 bits per heavy atom. The SMILES string of the molecule is CC(C)C[C@H](N)C(=O)N(Cc1ccccc1)C(=O)CC(O)[C@@H](N)Cc1ccc([N+](=O)[O-])cc1.Cl. The number of carbonyl (C=O) groups excluding carboxylic acids is 2. The summed E-state index contributed by atoms with van der Waals surface area (Å²) in [5, 5.41) is 21.3. The number of nitro groups is 1. The Morgan fingerprint density at radius 1 is 1.03 bits per heavy atom. The average Bonchev–Trinajstić information content (AvgIpc) is 2.77. The molecule has 5 N–H and O–H groups in total. The number of aliphatic hydroxyl groups is 1. The third-order valence-electron chi connectivity index (χ3n) is 5.29. The summed E-state index contributed by atoms with van der Waals surface area (Å²) < 4.78 is 0. The highest BCUT2D eigenvalue weighted by Crippen LogP contribution is 2.16. The lowest BCUT2D eigenvalue weighted by atomic mass is 9.98. The van der Waals surface area contributed by atoms with E-state index in [4.69, 9.17) is 11.5 Å². The molecule has 0 radical (unpaired) electrons. The maximum absolute atomic E-state index is 13.0. The van der Waals surface area contributed by atoms with Crippen LogP contribution in [-0.4, -0.2) is 44.9 Å². The molecule has 0 bridgehead atoms. The van der Waals surface area contributed by atoms with Gasteiger partial charge in [0, 0.05) is 18.2 Å². The van der Waals surface area contributed by atoms with Crippen molar-refractivity contribution in [3.8, 4) is 0 Å². The van der Waals surface area contributed by atoms with Crippen LogP contribution in [0.5, 0.6) is 0 Å². The topological polar surface area (TPSA) is 153 Å². The molecular weight excluding hydrogens is 460 g/mol. The molecule has 0 spiro atoms. The highest BCUT2D eigenvalue weighted by molar-refractivity contribution is 5.97. The van der Waals surface area contributed by atoms with Gasteiger partial charge in [-0.3, -0.25) is 24.6 Å². The minimum Gasteiger partial charge on any atom is -0.391 e. The predicted molar refractivity (Wildman–Crippen MR) is 132 cm³/mol. The Morgan fingerprint density at radius 2 is 1.62 bits per heavy atom. The molecule has 2 rings (SSSR count). The quantitative estimate of drug-likeness (QED) is 0.322. The smallest absolute Gasteiger partial charge is 0.269 e. The van der Waals surface area contributed by atoms with Gasteiger partial charge in [0.2, 0.25) is 11.8 Å². The number of nitrogens with zero attached hydrogens (tertiary/aromatic N) is 2. The van der Waals surface area contributed by atoms with Crippen molar-refractivity contribution in [2.45, 2.75) is 57.8 Å². The molecule has 186 valence electrons. The maximum atomic E-state index is 13.0. The Hall–Kier alpha value is -2.85. The zero-order valence-electron chi connectivity index (χ0n) is 19.4. The van der Waals surface area contributed by atoms with Crippen molar-refractivity contribution in [1.82, 2.24) is 4.90 Å². The summed E-state index contributed by atoms with van der Waals surface area (Å²) in [5.41, 5.74) is 13.6. The molecule has 2 aromatic carbocycles. The zero-order valence-corrected chi connectivity index (χ0v) is 20.2. The van der Waals surface area contributed by atoms with Crippen LogP contribution in [0.15, 0.2) is 54.6 Å². The molecule has 1 unspecified atom stereocenters. The number of hydrogen-bond donors (Lipinski definition) is 3. The first-order chi connectivity index (χ1) is 15.6. The van der Waals surface area contributed by atoms with Crippen molar-refractivity contribution in [3.05, 3.63) is 75.8 Å². The van der Waals surface area contributed by atoms with Gasteiger partial charge in [0.25, 0.3) is 5.69 Å². The van der Waals surface area contributed by atoms with Gasteiger partial charge in [-0.2, -0.15) is 0 Å². The third-order valence-corrected chi connectivity index (χ3v) is 5.29. The van der Waals surface area contributed by atoms with E-state index in [1.807, 2.05) is 32.0 Å². The Bertz CT molecular complexity index is 940. The lowest BCUT2D eigenvalue weighted by molar-refractivity contribution is -0.384. The fourth-order valence-corrected chi connectivity index (χ4v) is 3.47. The normalized spacial score (nSPS) is 13.5. The molecule has 2 aromatic rings. The Balaban J connectivity index is 0.00000578. The van der Waals surface area contributed by atoms with Gasteiger partial charge in [-0.25, -0.2) is 0 Å². The zero-order chi connectivity index (χ0) is 24.5. The number of benzene rings is 2. The summed E-state index contributed by atoms with van der Waals surface area (Å²) in [6.45, 7) is 3.93. The van der Waals surface area contributed by atoms with Gasteiger partial charge in [0.15, 0.2) is 0 Å². The number of imide groups is 1. The number of nitrogens with two attached hydrogens (primary N) is 2. The van der Waals surface area contributed by atoms with E-state index in [0.717, 1.165) is 10.5 Å². The first-order valence-corrected chi connectivity index (χ1v) is 10.9. The van der Waals surface area contributed by atoms with Gasteiger partial charge >= 0.3 is 0 Å². The highest BCUT2D eigenvalue weighted by atomic mass is 35.5. The van der Waals surface area contributed by atoms with E-state index in [-0.39, 0.29) is 43.4 Å². The second-order valence-corrected chi connectivity index (χ2v) is 8.60. The standard InChI is InChI=1S/C24H32N4O5.ClH/c1-16(2)12-21(26)24(31)27(15-18-6-4-3-5-7-18)23(30)14-22(29)20(25)13-17-8-10-19(11-9-17)28(32)33;/h3-11,16,20-22,29H,12-15,25-26H2,1-2H3;1H/t20-,21-,22?;/m0./s1. The van der Waals surface area contributed by atoms with E-state index >= 15 is 0 Å². The van der Waals surface area contributed by atoms with E-state index in [1.54, 1.807) is 24.3 Å². The largest absolute Gasteiger partial charge is 0.391 e. The lowest BCUT2D eigenvalue weighted by Crippen LogP contribution is -2.49. The number of rotatable bonds is 11. The van der Waals surface area contributed by atoms with Crippen LogP contribution in [-0.2, 0) is 22.6 Å². The van der Waals surface area contributed by atoms with Crippen molar-refractivity contribution in [1.29, 1.82) is 0 Å². The predicted octanol–water partition coefficient (Wildman–Crippen LogP) is 2.57. The summed E-state index contributed by atoms with van der Waals surface area (Å²) in [6, 6.07) is 13.3. The number of carbonyl (C=O) groups is 2. The van der Waals surface area contributed by atoms with Crippen LogP contribution in [0.4, 0.5) is 5.69 Å². The summed E-state index contributed by atoms with van der Waals surface area (Å²) in [6.07, 6.45) is -0.910. The molecular formula is C24H33ClN4O5. The van der Waals surface area contributed by atoms with Crippen LogP contribution >= 0.6 is 12.4 Å². The van der Waals surface area contributed by atoms with E-state index < -0.39 is 34.9 Å². The fourth-order valence-electron chi connectivity index (χ4n) is 3.47. The molecule has 0 saturated carbocycles. The number of aliphatic hydroxyl groups excluding tert-OH is 1. The van der Waals surface area contributed by atoms with Crippen molar-refractivity contribution in [2.75, 3.05) is 0 Å². The van der Waals surface area contributed by atoms with E-state index in [0.29, 0.717) is 12.0 Å².